The number of nitrogens with zero attached hydrogens (tertiary/aromatic N) is 1. The van der Waals surface area contributed by atoms with Crippen molar-refractivity contribution in [2.45, 2.75) is 18.4 Å². The highest BCUT2D eigenvalue weighted by Gasteiger charge is 2.29. The molecule has 0 saturated heterocycles. The van der Waals surface area contributed by atoms with Gasteiger partial charge in [-0.25, -0.2) is 8.42 Å². The topological polar surface area (TPSA) is 84.9 Å². The molecule has 33 heavy (non-hydrogen) atoms. The third-order valence-corrected chi connectivity index (χ3v) is 7.61. The van der Waals surface area contributed by atoms with Crippen LogP contribution in [0.25, 0.3) is 0 Å². The Hall–Kier alpha value is -2.94. The maximum atomic E-state index is 13.5. The minimum Gasteiger partial charge on any atom is -0.454 e. The minimum absolute atomic E-state index is 0.0349. The van der Waals surface area contributed by atoms with E-state index >= 15 is 0 Å². The lowest BCUT2D eigenvalue weighted by molar-refractivity contribution is -0.119. The maximum absolute atomic E-state index is 13.5. The van der Waals surface area contributed by atoms with Crippen LogP contribution in [-0.4, -0.2) is 27.7 Å². The van der Waals surface area contributed by atoms with Gasteiger partial charge in [0, 0.05) is 6.54 Å². The van der Waals surface area contributed by atoms with E-state index in [1.54, 1.807) is 42.5 Å². The second-order valence-electron chi connectivity index (χ2n) is 7.36. The van der Waals surface area contributed by atoms with Crippen molar-refractivity contribution >= 4 is 44.8 Å². The zero-order valence-electron chi connectivity index (χ0n) is 17.5. The highest BCUT2D eigenvalue weighted by molar-refractivity contribution is 7.92. The minimum atomic E-state index is -4.10. The first-order valence-corrected chi connectivity index (χ1v) is 12.1. The monoisotopic (exact) mass is 506 g/mol. The van der Waals surface area contributed by atoms with Crippen molar-refractivity contribution < 1.29 is 22.7 Å². The Morgan fingerprint density at radius 2 is 1.76 bits per heavy atom. The Kier molecular flexibility index (Phi) is 6.69. The summed E-state index contributed by atoms with van der Waals surface area (Å²) >= 11 is 12.4. The molecular weight excluding hydrogens is 487 g/mol. The van der Waals surface area contributed by atoms with Crippen molar-refractivity contribution in [2.75, 3.05) is 17.6 Å². The first-order valence-electron chi connectivity index (χ1n) is 9.94. The molecule has 0 atom stereocenters. The van der Waals surface area contributed by atoms with Gasteiger partial charge in [-0.15, -0.1) is 0 Å². The fourth-order valence-electron chi connectivity index (χ4n) is 3.26. The Balaban J connectivity index is 1.58. The Bertz CT molecular complexity index is 1300. The number of benzene rings is 3. The van der Waals surface area contributed by atoms with Gasteiger partial charge in [-0.05, 0) is 48.9 Å². The number of carbonyl (C=O) groups is 1. The summed E-state index contributed by atoms with van der Waals surface area (Å²) in [6, 6.07) is 16.3. The number of hydrogen-bond acceptors (Lipinski definition) is 5. The van der Waals surface area contributed by atoms with Crippen LogP contribution >= 0.6 is 23.2 Å². The standard InChI is InChI=1S/C23H20Cl2N2O5S/c1-15-5-8-17(9-6-15)33(29,30)27(19-4-2-3-18(24)23(19)25)13-22(28)26-12-16-7-10-20-21(11-16)32-14-31-20/h2-11H,12-14H2,1H3,(H,26,28). The fraction of sp³-hybridized carbons (Fsp3) is 0.174. The fourth-order valence-corrected chi connectivity index (χ4v) is 5.14. The molecule has 1 aliphatic heterocycles. The normalized spacial score (nSPS) is 12.5. The van der Waals surface area contributed by atoms with Crippen LogP contribution in [0.3, 0.4) is 0 Å². The predicted molar refractivity (Wildman–Crippen MR) is 127 cm³/mol. The average molecular weight is 507 g/mol. The molecular formula is C23H20Cl2N2O5S. The lowest BCUT2D eigenvalue weighted by Gasteiger charge is -2.25. The van der Waals surface area contributed by atoms with E-state index in [-0.39, 0.29) is 34.0 Å². The van der Waals surface area contributed by atoms with Gasteiger partial charge >= 0.3 is 0 Å². The number of carbonyl (C=O) groups excluding carboxylic acids is 1. The summed E-state index contributed by atoms with van der Waals surface area (Å²) < 4.78 is 38.5. The van der Waals surface area contributed by atoms with E-state index in [2.05, 4.69) is 5.32 Å². The van der Waals surface area contributed by atoms with Crippen LogP contribution in [0.1, 0.15) is 11.1 Å². The van der Waals surface area contributed by atoms with Gasteiger partial charge in [0.1, 0.15) is 6.54 Å². The number of sulfonamides is 1. The summed E-state index contributed by atoms with van der Waals surface area (Å²) in [7, 11) is -4.10. The molecule has 3 aromatic rings. The summed E-state index contributed by atoms with van der Waals surface area (Å²) in [6.45, 7) is 1.70. The largest absolute Gasteiger partial charge is 0.454 e. The van der Waals surface area contributed by atoms with Crippen molar-refractivity contribution in [3.05, 3.63) is 81.8 Å². The number of aryl methyl sites for hydroxylation is 1. The zero-order valence-corrected chi connectivity index (χ0v) is 19.9. The Morgan fingerprint density at radius 3 is 2.52 bits per heavy atom. The van der Waals surface area contributed by atoms with E-state index in [1.807, 2.05) is 6.92 Å². The van der Waals surface area contributed by atoms with Gasteiger partial charge in [-0.1, -0.05) is 53.0 Å². The number of nitrogens with one attached hydrogen (secondary N) is 1. The SMILES string of the molecule is Cc1ccc(S(=O)(=O)N(CC(=O)NCc2ccc3c(c2)OCO3)c2cccc(Cl)c2Cl)cc1. The van der Waals surface area contributed by atoms with Gasteiger partial charge in [0.2, 0.25) is 12.7 Å². The molecule has 1 amide bonds. The molecule has 0 radical (unpaired) electrons. The molecule has 1 N–H and O–H groups in total. The van der Waals surface area contributed by atoms with E-state index in [0.717, 1.165) is 15.4 Å². The summed E-state index contributed by atoms with van der Waals surface area (Å²) in [5.41, 5.74) is 1.80. The molecule has 0 fully saturated rings. The van der Waals surface area contributed by atoms with E-state index in [0.29, 0.717) is 11.5 Å². The van der Waals surface area contributed by atoms with Gasteiger partial charge in [-0.3, -0.25) is 9.10 Å². The van der Waals surface area contributed by atoms with Gasteiger partial charge in [0.05, 0.1) is 20.6 Å². The molecule has 1 heterocycles. The molecule has 10 heteroatoms. The van der Waals surface area contributed by atoms with E-state index in [9.17, 15) is 13.2 Å². The van der Waals surface area contributed by atoms with Crippen molar-refractivity contribution in [2.24, 2.45) is 0 Å². The van der Waals surface area contributed by atoms with Gasteiger partial charge in [0.15, 0.2) is 11.5 Å². The molecule has 3 aromatic carbocycles. The predicted octanol–water partition coefficient (Wildman–Crippen LogP) is 4.54. The number of halogens is 2. The van der Waals surface area contributed by atoms with E-state index < -0.39 is 22.5 Å². The van der Waals surface area contributed by atoms with Crippen LogP contribution in [0.4, 0.5) is 5.69 Å². The Labute approximate surface area is 201 Å². The summed E-state index contributed by atoms with van der Waals surface area (Å²) in [5, 5.41) is 2.96. The smallest absolute Gasteiger partial charge is 0.264 e. The molecule has 7 nitrogen and oxygen atoms in total. The number of amides is 1. The molecule has 0 aliphatic carbocycles. The number of rotatable bonds is 7. The first kappa shape index (κ1) is 23.2. The molecule has 0 unspecified atom stereocenters. The first-order chi connectivity index (χ1) is 15.8. The van der Waals surface area contributed by atoms with Crippen molar-refractivity contribution in [3.63, 3.8) is 0 Å². The van der Waals surface area contributed by atoms with Gasteiger partial charge < -0.3 is 14.8 Å². The van der Waals surface area contributed by atoms with Crippen LogP contribution in [0.5, 0.6) is 11.5 Å². The highest BCUT2D eigenvalue weighted by atomic mass is 35.5. The van der Waals surface area contributed by atoms with Crippen molar-refractivity contribution in [1.82, 2.24) is 5.32 Å². The van der Waals surface area contributed by atoms with Crippen LogP contribution in [0, 0.1) is 6.92 Å². The highest BCUT2D eigenvalue weighted by Crippen LogP contribution is 2.35. The summed E-state index contributed by atoms with van der Waals surface area (Å²) in [6.07, 6.45) is 0. The third-order valence-electron chi connectivity index (χ3n) is 5.02. The third kappa shape index (κ3) is 5.03. The maximum Gasteiger partial charge on any atom is 0.264 e. The van der Waals surface area contributed by atoms with E-state index in [4.69, 9.17) is 32.7 Å². The van der Waals surface area contributed by atoms with Crippen LogP contribution < -0.4 is 19.1 Å². The zero-order chi connectivity index (χ0) is 23.6. The quantitative estimate of drug-likeness (QED) is 0.508. The average Bonchev–Trinajstić information content (AvgIpc) is 3.26. The van der Waals surface area contributed by atoms with Crippen LogP contribution in [0.15, 0.2) is 65.6 Å². The summed E-state index contributed by atoms with van der Waals surface area (Å²) in [4.78, 5) is 12.8. The van der Waals surface area contributed by atoms with Crippen LogP contribution in [0.2, 0.25) is 10.0 Å². The molecule has 0 saturated carbocycles. The second-order valence-corrected chi connectivity index (χ2v) is 10.0. The number of ether oxygens (including phenoxy) is 2. The summed E-state index contributed by atoms with van der Waals surface area (Å²) in [5.74, 6) is 0.714. The molecule has 172 valence electrons. The molecule has 1 aliphatic rings. The van der Waals surface area contributed by atoms with E-state index in [1.165, 1.54) is 18.2 Å². The lowest BCUT2D eigenvalue weighted by atomic mass is 10.2. The number of anilines is 1. The van der Waals surface area contributed by atoms with Gasteiger partial charge in [-0.2, -0.15) is 0 Å². The Morgan fingerprint density at radius 1 is 1.03 bits per heavy atom. The van der Waals surface area contributed by atoms with Crippen molar-refractivity contribution in [3.8, 4) is 11.5 Å². The molecule has 0 bridgehead atoms. The number of hydrogen-bond donors (Lipinski definition) is 1. The van der Waals surface area contributed by atoms with Crippen LogP contribution in [-0.2, 0) is 21.4 Å². The van der Waals surface area contributed by atoms with Gasteiger partial charge in [0.25, 0.3) is 10.0 Å². The molecule has 0 aromatic heterocycles. The van der Waals surface area contributed by atoms with Crippen molar-refractivity contribution in [1.29, 1.82) is 0 Å². The lowest BCUT2D eigenvalue weighted by Crippen LogP contribution is -2.40. The number of fused-ring (bicyclic) bond motifs is 1. The second kappa shape index (κ2) is 9.51. The molecule has 0 spiro atoms. The molecule has 4 rings (SSSR count).